The van der Waals surface area contributed by atoms with Crippen LogP contribution in [0.1, 0.15) is 107 Å². The highest BCUT2D eigenvalue weighted by Gasteiger charge is 2.33. The monoisotopic (exact) mass is 464 g/mol. The molecule has 3 rings (SSSR count). The van der Waals surface area contributed by atoms with E-state index >= 15 is 0 Å². The summed E-state index contributed by atoms with van der Waals surface area (Å²) in [4.78, 5) is 36.9. The van der Waals surface area contributed by atoms with Gasteiger partial charge in [0.05, 0.1) is 6.42 Å². The van der Waals surface area contributed by atoms with E-state index in [1.54, 1.807) is 0 Å². The number of hydrogen-bond donors (Lipinski definition) is 0. The molecule has 186 valence electrons. The summed E-state index contributed by atoms with van der Waals surface area (Å²) in [5.74, 6) is 0.766. The summed E-state index contributed by atoms with van der Waals surface area (Å²) in [6.07, 6.45) is 10.8. The summed E-state index contributed by atoms with van der Waals surface area (Å²) in [7, 11) is 0. The highest BCUT2D eigenvalue weighted by Crippen LogP contribution is 2.37. The minimum absolute atomic E-state index is 0.0451. The van der Waals surface area contributed by atoms with Gasteiger partial charge >= 0.3 is 0 Å². The SMILES string of the molecule is CC1=C(C)CC=C1.CCCC(CC1CC(=O)c2c(C)ccc(C)c2C1)C(CC)C(=O)CC(C)=O. The lowest BCUT2D eigenvalue weighted by Gasteiger charge is -2.32. The first kappa shape index (κ1) is 28.0. The molecular formula is C31H44O3. The lowest BCUT2D eigenvalue weighted by Crippen LogP contribution is -2.30. The van der Waals surface area contributed by atoms with E-state index < -0.39 is 0 Å². The van der Waals surface area contributed by atoms with Gasteiger partial charge in [-0.3, -0.25) is 14.4 Å². The van der Waals surface area contributed by atoms with Crippen molar-refractivity contribution in [3.63, 3.8) is 0 Å². The van der Waals surface area contributed by atoms with E-state index in [9.17, 15) is 14.4 Å². The molecule has 3 heteroatoms. The molecule has 3 atom stereocenters. The maximum atomic E-state index is 12.8. The molecule has 1 aromatic carbocycles. The van der Waals surface area contributed by atoms with E-state index in [4.69, 9.17) is 0 Å². The molecule has 3 nitrogen and oxygen atoms in total. The van der Waals surface area contributed by atoms with Crippen LogP contribution >= 0.6 is 0 Å². The minimum atomic E-state index is -0.0658. The Kier molecular flexibility index (Phi) is 10.7. The third kappa shape index (κ3) is 7.35. The summed E-state index contributed by atoms with van der Waals surface area (Å²) in [6, 6.07) is 4.15. The van der Waals surface area contributed by atoms with E-state index in [0.717, 1.165) is 43.2 Å². The van der Waals surface area contributed by atoms with E-state index in [0.29, 0.717) is 12.3 Å². The quantitative estimate of drug-likeness (QED) is 0.352. The van der Waals surface area contributed by atoms with Gasteiger partial charge in [0.15, 0.2) is 5.78 Å². The predicted molar refractivity (Wildman–Crippen MR) is 141 cm³/mol. The topological polar surface area (TPSA) is 51.2 Å². The molecule has 0 saturated heterocycles. The van der Waals surface area contributed by atoms with Crippen molar-refractivity contribution < 1.29 is 14.4 Å². The summed E-state index contributed by atoms with van der Waals surface area (Å²) in [6.45, 7) is 14.1. The van der Waals surface area contributed by atoms with Crippen molar-refractivity contribution in [1.29, 1.82) is 0 Å². The minimum Gasteiger partial charge on any atom is -0.300 e. The van der Waals surface area contributed by atoms with Crippen LogP contribution in [0.4, 0.5) is 0 Å². The zero-order valence-corrected chi connectivity index (χ0v) is 22.4. The summed E-state index contributed by atoms with van der Waals surface area (Å²) < 4.78 is 0. The molecular weight excluding hydrogens is 420 g/mol. The third-order valence-corrected chi connectivity index (χ3v) is 7.61. The number of ketones is 3. The number of Topliss-reactive ketones (excluding diaryl/α,β-unsaturated/α-hetero) is 3. The van der Waals surface area contributed by atoms with Gasteiger partial charge in [0, 0.05) is 17.9 Å². The highest BCUT2D eigenvalue weighted by atomic mass is 16.1. The van der Waals surface area contributed by atoms with Crippen molar-refractivity contribution in [3.8, 4) is 0 Å². The van der Waals surface area contributed by atoms with Crippen LogP contribution < -0.4 is 0 Å². The molecule has 0 amide bonds. The van der Waals surface area contributed by atoms with Crippen molar-refractivity contribution >= 4 is 17.3 Å². The first-order chi connectivity index (χ1) is 16.1. The summed E-state index contributed by atoms with van der Waals surface area (Å²) in [5.41, 5.74) is 7.36. The van der Waals surface area contributed by atoms with Gasteiger partial charge in [-0.05, 0) is 88.8 Å². The van der Waals surface area contributed by atoms with Crippen molar-refractivity contribution in [3.05, 3.63) is 57.7 Å². The van der Waals surface area contributed by atoms with Crippen LogP contribution in [0.15, 0.2) is 35.4 Å². The van der Waals surface area contributed by atoms with Gasteiger partial charge in [-0.2, -0.15) is 0 Å². The number of rotatable bonds is 9. The molecule has 0 radical (unpaired) electrons. The Labute approximate surface area is 207 Å². The number of allylic oxidation sites excluding steroid dienone is 4. The van der Waals surface area contributed by atoms with Gasteiger partial charge in [0.1, 0.15) is 11.6 Å². The number of hydrogen-bond acceptors (Lipinski definition) is 3. The molecule has 0 N–H and O–H groups in total. The second kappa shape index (κ2) is 13.0. The Morgan fingerprint density at radius 1 is 1.03 bits per heavy atom. The number of fused-ring (bicyclic) bond motifs is 1. The second-order valence-corrected chi connectivity index (χ2v) is 10.5. The van der Waals surface area contributed by atoms with Crippen LogP contribution in [0, 0.1) is 31.6 Å². The van der Waals surface area contributed by atoms with Crippen molar-refractivity contribution in [2.75, 3.05) is 0 Å². The van der Waals surface area contributed by atoms with Crippen molar-refractivity contribution in [2.45, 2.75) is 99.8 Å². The Balaban J connectivity index is 0.000000497. The Bertz CT molecular complexity index is 963. The lowest BCUT2D eigenvalue weighted by atomic mass is 9.71. The first-order valence-electron chi connectivity index (χ1n) is 13.1. The average molecular weight is 465 g/mol. The molecule has 0 bridgehead atoms. The fraction of sp³-hybridized carbons (Fsp3) is 0.581. The molecule has 2 aliphatic rings. The molecule has 3 unspecified atom stereocenters. The van der Waals surface area contributed by atoms with Gasteiger partial charge in [0.25, 0.3) is 0 Å². The van der Waals surface area contributed by atoms with Crippen LogP contribution in [0.5, 0.6) is 0 Å². The number of carbonyl (C=O) groups is 3. The molecule has 0 aromatic heterocycles. The van der Waals surface area contributed by atoms with Gasteiger partial charge in [0.2, 0.25) is 0 Å². The molecule has 34 heavy (non-hydrogen) atoms. The molecule has 0 heterocycles. The fourth-order valence-electron chi connectivity index (χ4n) is 5.61. The van der Waals surface area contributed by atoms with E-state index in [1.165, 1.54) is 35.6 Å². The Morgan fingerprint density at radius 2 is 1.71 bits per heavy atom. The van der Waals surface area contributed by atoms with Gasteiger partial charge in [-0.1, -0.05) is 62.1 Å². The lowest BCUT2D eigenvalue weighted by molar-refractivity contribution is -0.129. The fourth-order valence-corrected chi connectivity index (χ4v) is 5.61. The molecule has 0 fully saturated rings. The summed E-state index contributed by atoms with van der Waals surface area (Å²) in [5, 5.41) is 0. The highest BCUT2D eigenvalue weighted by molar-refractivity contribution is 6.00. The maximum absolute atomic E-state index is 12.8. The molecule has 1 aromatic rings. The smallest absolute Gasteiger partial charge is 0.163 e. The van der Waals surface area contributed by atoms with Crippen LogP contribution in [0.25, 0.3) is 0 Å². The predicted octanol–water partition coefficient (Wildman–Crippen LogP) is 7.71. The van der Waals surface area contributed by atoms with Gasteiger partial charge in [-0.25, -0.2) is 0 Å². The average Bonchev–Trinajstić information content (AvgIpc) is 3.13. The number of aryl methyl sites for hydroxylation is 2. The maximum Gasteiger partial charge on any atom is 0.163 e. The van der Waals surface area contributed by atoms with E-state index in [1.807, 2.05) is 19.9 Å². The second-order valence-electron chi connectivity index (χ2n) is 10.5. The Morgan fingerprint density at radius 3 is 2.21 bits per heavy atom. The standard InChI is InChI=1S/C24H34O3.C7H10/c1-6-8-19(20(7-2)22(26)11-17(5)25)12-18-13-21-15(3)9-10-16(4)24(21)23(27)14-18;1-6-4-3-5-7(6)2/h9-10,18-20H,6-8,11-14H2,1-5H3;3-4H,5H2,1-2H3. The molecule has 0 aliphatic heterocycles. The molecule has 0 saturated carbocycles. The van der Waals surface area contributed by atoms with Gasteiger partial charge < -0.3 is 0 Å². The first-order valence-corrected chi connectivity index (χ1v) is 13.1. The Hall–Kier alpha value is -2.29. The largest absolute Gasteiger partial charge is 0.300 e. The van der Waals surface area contributed by atoms with Crippen LogP contribution in [0.2, 0.25) is 0 Å². The van der Waals surface area contributed by atoms with E-state index in [-0.39, 0.29) is 35.6 Å². The van der Waals surface area contributed by atoms with Crippen LogP contribution in [0.3, 0.4) is 0 Å². The number of carbonyl (C=O) groups excluding carboxylic acids is 3. The normalized spacial score (nSPS) is 18.8. The summed E-state index contributed by atoms with van der Waals surface area (Å²) >= 11 is 0. The zero-order chi connectivity index (χ0) is 25.4. The third-order valence-electron chi connectivity index (χ3n) is 7.61. The number of benzene rings is 1. The van der Waals surface area contributed by atoms with Crippen LogP contribution in [-0.4, -0.2) is 17.3 Å². The van der Waals surface area contributed by atoms with E-state index in [2.05, 4.69) is 45.9 Å². The molecule has 0 spiro atoms. The zero-order valence-electron chi connectivity index (χ0n) is 22.4. The van der Waals surface area contributed by atoms with Crippen LogP contribution in [-0.2, 0) is 16.0 Å². The van der Waals surface area contributed by atoms with Crippen molar-refractivity contribution in [2.24, 2.45) is 17.8 Å². The van der Waals surface area contributed by atoms with Crippen molar-refractivity contribution in [1.82, 2.24) is 0 Å². The van der Waals surface area contributed by atoms with Gasteiger partial charge in [-0.15, -0.1) is 0 Å². The molecule has 2 aliphatic carbocycles.